The first-order chi connectivity index (χ1) is 13.6. The molecule has 2 fully saturated rings. The van der Waals surface area contributed by atoms with Gasteiger partial charge in [0.2, 0.25) is 0 Å². The van der Waals surface area contributed by atoms with E-state index in [-0.39, 0.29) is 17.8 Å². The average molecular weight is 384 g/mol. The SMILES string of the molecule is O=C(C[NH+]1CCN(c2ccccc2O)CC1)N(Cc1ccccc1F)C1CC1. The molecule has 0 aromatic heterocycles. The number of phenols is 1. The Bertz CT molecular complexity index is 832. The first-order valence-electron chi connectivity index (χ1n) is 10.0. The number of rotatable bonds is 6. The summed E-state index contributed by atoms with van der Waals surface area (Å²) < 4.78 is 14.0. The van der Waals surface area contributed by atoms with Crippen molar-refractivity contribution >= 4 is 11.6 Å². The van der Waals surface area contributed by atoms with Crippen LogP contribution in [0.1, 0.15) is 18.4 Å². The monoisotopic (exact) mass is 384 g/mol. The fourth-order valence-corrected chi connectivity index (χ4v) is 3.90. The van der Waals surface area contributed by atoms with Crippen LogP contribution in [0.4, 0.5) is 10.1 Å². The summed E-state index contributed by atoms with van der Waals surface area (Å²) in [6.07, 6.45) is 2.02. The zero-order chi connectivity index (χ0) is 19.5. The van der Waals surface area contributed by atoms with Crippen LogP contribution in [0.2, 0.25) is 0 Å². The number of hydrogen-bond donors (Lipinski definition) is 2. The Morgan fingerprint density at radius 3 is 2.46 bits per heavy atom. The van der Waals surface area contributed by atoms with Gasteiger partial charge in [0.25, 0.3) is 5.91 Å². The molecule has 6 heteroatoms. The molecule has 2 aromatic rings. The number of benzene rings is 2. The third kappa shape index (κ3) is 4.28. The number of nitrogens with zero attached hydrogens (tertiary/aromatic N) is 2. The summed E-state index contributed by atoms with van der Waals surface area (Å²) in [7, 11) is 0. The molecule has 2 aliphatic rings. The summed E-state index contributed by atoms with van der Waals surface area (Å²) in [6, 6.07) is 14.3. The minimum atomic E-state index is -0.246. The van der Waals surface area contributed by atoms with Gasteiger partial charge in [-0.05, 0) is 31.0 Å². The Labute approximate surface area is 165 Å². The number of piperazine rings is 1. The van der Waals surface area contributed by atoms with Crippen molar-refractivity contribution in [2.45, 2.75) is 25.4 Å². The largest absolute Gasteiger partial charge is 0.506 e. The van der Waals surface area contributed by atoms with E-state index in [1.165, 1.54) is 11.0 Å². The van der Waals surface area contributed by atoms with Crippen LogP contribution < -0.4 is 9.80 Å². The maximum atomic E-state index is 14.0. The molecule has 1 aliphatic carbocycles. The van der Waals surface area contributed by atoms with Crippen LogP contribution in [-0.2, 0) is 11.3 Å². The lowest BCUT2D eigenvalue weighted by atomic mass is 10.2. The minimum absolute atomic E-state index is 0.108. The molecule has 28 heavy (non-hydrogen) atoms. The van der Waals surface area contributed by atoms with Crippen LogP contribution in [0.15, 0.2) is 48.5 Å². The summed E-state index contributed by atoms with van der Waals surface area (Å²) in [5.74, 6) is 0.160. The van der Waals surface area contributed by atoms with E-state index in [9.17, 15) is 14.3 Å². The summed E-state index contributed by atoms with van der Waals surface area (Å²) in [5, 5.41) is 10.0. The summed E-state index contributed by atoms with van der Waals surface area (Å²) in [6.45, 7) is 4.09. The second-order valence-electron chi connectivity index (χ2n) is 7.75. The molecule has 1 amide bonds. The van der Waals surface area contributed by atoms with E-state index in [2.05, 4.69) is 4.90 Å². The molecule has 2 aromatic carbocycles. The van der Waals surface area contributed by atoms with Gasteiger partial charge in [0.05, 0.1) is 31.9 Å². The highest BCUT2D eigenvalue weighted by Gasteiger charge is 2.35. The van der Waals surface area contributed by atoms with Crippen molar-refractivity contribution in [2.24, 2.45) is 0 Å². The number of hydrogen-bond acceptors (Lipinski definition) is 3. The zero-order valence-corrected chi connectivity index (χ0v) is 16.0. The van der Waals surface area contributed by atoms with Gasteiger partial charge in [0.1, 0.15) is 11.6 Å². The number of carbonyl (C=O) groups is 1. The number of nitrogens with one attached hydrogen (secondary N) is 1. The Morgan fingerprint density at radius 1 is 1.11 bits per heavy atom. The Balaban J connectivity index is 1.34. The lowest BCUT2D eigenvalue weighted by Gasteiger charge is -2.34. The Kier molecular flexibility index (Phi) is 5.48. The molecular weight excluding hydrogens is 357 g/mol. The molecule has 148 valence electrons. The third-order valence-electron chi connectivity index (χ3n) is 5.70. The maximum absolute atomic E-state index is 14.0. The fourth-order valence-electron chi connectivity index (χ4n) is 3.90. The van der Waals surface area contributed by atoms with E-state index in [4.69, 9.17) is 0 Å². The van der Waals surface area contributed by atoms with Crippen molar-refractivity contribution in [1.29, 1.82) is 0 Å². The number of para-hydroxylation sites is 2. The van der Waals surface area contributed by atoms with E-state index in [0.717, 1.165) is 44.7 Å². The van der Waals surface area contributed by atoms with Gasteiger partial charge < -0.3 is 19.8 Å². The smallest absolute Gasteiger partial charge is 0.278 e. The van der Waals surface area contributed by atoms with E-state index in [1.807, 2.05) is 29.2 Å². The van der Waals surface area contributed by atoms with Gasteiger partial charge in [0, 0.05) is 18.2 Å². The van der Waals surface area contributed by atoms with Gasteiger partial charge >= 0.3 is 0 Å². The Morgan fingerprint density at radius 2 is 1.79 bits per heavy atom. The van der Waals surface area contributed by atoms with Crippen LogP contribution in [0.25, 0.3) is 0 Å². The van der Waals surface area contributed by atoms with Crippen LogP contribution in [-0.4, -0.2) is 54.7 Å². The van der Waals surface area contributed by atoms with Gasteiger partial charge in [-0.3, -0.25) is 4.79 Å². The van der Waals surface area contributed by atoms with Crippen molar-refractivity contribution in [3.8, 4) is 5.75 Å². The first-order valence-corrected chi connectivity index (χ1v) is 10.0. The molecule has 5 nitrogen and oxygen atoms in total. The molecule has 2 N–H and O–H groups in total. The zero-order valence-electron chi connectivity index (χ0n) is 16.0. The van der Waals surface area contributed by atoms with Crippen LogP contribution in [0.5, 0.6) is 5.75 Å². The lowest BCUT2D eigenvalue weighted by Crippen LogP contribution is -3.15. The fraction of sp³-hybridized carbons (Fsp3) is 0.409. The number of halogens is 1. The van der Waals surface area contributed by atoms with E-state index >= 15 is 0 Å². The predicted molar refractivity (Wildman–Crippen MR) is 106 cm³/mol. The van der Waals surface area contributed by atoms with Gasteiger partial charge in [-0.15, -0.1) is 0 Å². The number of amides is 1. The normalized spacial score (nSPS) is 17.5. The van der Waals surface area contributed by atoms with E-state index in [0.29, 0.717) is 24.4 Å². The van der Waals surface area contributed by atoms with Crippen LogP contribution in [0.3, 0.4) is 0 Å². The molecule has 0 spiro atoms. The standard InChI is InChI=1S/C22H26FN3O2/c23-19-6-2-1-5-17(19)15-26(18-9-10-18)22(28)16-24-11-13-25(14-12-24)20-7-3-4-8-21(20)27/h1-8,18,27H,9-16H2/p+1. The highest BCUT2D eigenvalue weighted by molar-refractivity contribution is 5.77. The topological polar surface area (TPSA) is 48.2 Å². The number of quaternary nitrogens is 1. The molecule has 4 rings (SSSR count). The lowest BCUT2D eigenvalue weighted by molar-refractivity contribution is -0.892. The summed E-state index contributed by atoms with van der Waals surface area (Å²) in [4.78, 5) is 18.2. The predicted octanol–water partition coefficient (Wildman–Crippen LogP) is 1.43. The second-order valence-corrected chi connectivity index (χ2v) is 7.75. The van der Waals surface area contributed by atoms with Crippen molar-refractivity contribution in [3.63, 3.8) is 0 Å². The third-order valence-corrected chi connectivity index (χ3v) is 5.70. The van der Waals surface area contributed by atoms with Crippen molar-refractivity contribution < 1.29 is 19.2 Å². The number of aromatic hydroxyl groups is 1. The quantitative estimate of drug-likeness (QED) is 0.792. The highest BCUT2D eigenvalue weighted by atomic mass is 19.1. The Hall–Kier alpha value is -2.60. The van der Waals surface area contributed by atoms with E-state index < -0.39 is 0 Å². The molecule has 1 saturated heterocycles. The van der Waals surface area contributed by atoms with E-state index in [1.54, 1.807) is 18.2 Å². The van der Waals surface area contributed by atoms with Crippen molar-refractivity contribution in [1.82, 2.24) is 4.90 Å². The molecular formula is C22H27FN3O2+. The molecule has 0 atom stereocenters. The van der Waals surface area contributed by atoms with Crippen LogP contribution in [0, 0.1) is 5.82 Å². The second kappa shape index (κ2) is 8.19. The van der Waals surface area contributed by atoms with Crippen molar-refractivity contribution in [3.05, 3.63) is 59.9 Å². The molecule has 1 saturated carbocycles. The van der Waals surface area contributed by atoms with Gasteiger partial charge in [-0.25, -0.2) is 4.39 Å². The number of phenolic OH excluding ortho intramolecular Hbond substituents is 1. The molecule has 1 heterocycles. The molecule has 1 aliphatic heterocycles. The summed E-state index contributed by atoms with van der Waals surface area (Å²) in [5.41, 5.74) is 1.44. The maximum Gasteiger partial charge on any atom is 0.278 e. The molecule has 0 radical (unpaired) electrons. The molecule has 0 bridgehead atoms. The van der Waals surface area contributed by atoms with Crippen molar-refractivity contribution in [2.75, 3.05) is 37.6 Å². The highest BCUT2D eigenvalue weighted by Crippen LogP contribution is 2.29. The first kappa shape index (κ1) is 18.7. The van der Waals surface area contributed by atoms with Crippen LogP contribution >= 0.6 is 0 Å². The number of anilines is 1. The summed E-state index contributed by atoms with van der Waals surface area (Å²) >= 11 is 0. The minimum Gasteiger partial charge on any atom is -0.506 e. The van der Waals surface area contributed by atoms with Gasteiger partial charge in [0.15, 0.2) is 6.54 Å². The van der Waals surface area contributed by atoms with Gasteiger partial charge in [-0.2, -0.15) is 0 Å². The molecule has 0 unspecified atom stereocenters. The average Bonchev–Trinajstić information content (AvgIpc) is 3.53. The number of carbonyl (C=O) groups excluding carboxylic acids is 1. The van der Waals surface area contributed by atoms with Gasteiger partial charge in [-0.1, -0.05) is 30.3 Å².